The molecule has 116 valence electrons. The molecule has 0 radical (unpaired) electrons. The average molecular weight is 279 g/mol. The van der Waals surface area contributed by atoms with Crippen LogP contribution in [-0.4, -0.2) is 16.3 Å². The van der Waals surface area contributed by atoms with Gasteiger partial charge in [0.05, 0.1) is 5.69 Å². The summed E-state index contributed by atoms with van der Waals surface area (Å²) < 4.78 is 2.27. The van der Waals surface area contributed by atoms with Crippen LogP contribution < -0.4 is 5.32 Å². The Morgan fingerprint density at radius 2 is 1.80 bits per heavy atom. The molecule has 1 aromatic heterocycles. The first-order valence-corrected chi connectivity index (χ1v) is 8.55. The predicted molar refractivity (Wildman–Crippen MR) is 87.2 cm³/mol. The van der Waals surface area contributed by atoms with Crippen LogP contribution in [0.2, 0.25) is 0 Å². The van der Waals surface area contributed by atoms with Crippen LogP contribution in [-0.2, 0) is 19.4 Å². The molecule has 20 heavy (non-hydrogen) atoms. The minimum atomic E-state index is 0.468. The summed E-state index contributed by atoms with van der Waals surface area (Å²) in [5, 5.41) is 8.59. The lowest BCUT2D eigenvalue weighted by atomic mass is 9.99. The molecule has 3 heteroatoms. The normalized spacial score (nSPS) is 12.8. The Hall–Kier alpha value is -0.830. The maximum Gasteiger partial charge on any atom is 0.0672 e. The molecule has 1 atom stereocenters. The quantitative estimate of drug-likeness (QED) is 0.693. The maximum atomic E-state index is 4.89. The fourth-order valence-corrected chi connectivity index (χ4v) is 2.86. The minimum Gasteiger partial charge on any atom is -0.310 e. The van der Waals surface area contributed by atoms with Gasteiger partial charge in [0.25, 0.3) is 0 Å². The van der Waals surface area contributed by atoms with E-state index in [2.05, 4.69) is 44.6 Å². The van der Waals surface area contributed by atoms with Crippen LogP contribution in [0.25, 0.3) is 0 Å². The van der Waals surface area contributed by atoms with E-state index in [1.54, 1.807) is 0 Å². The van der Waals surface area contributed by atoms with Crippen LogP contribution in [0.4, 0.5) is 0 Å². The van der Waals surface area contributed by atoms with Gasteiger partial charge in [-0.15, -0.1) is 0 Å². The molecule has 0 aliphatic heterocycles. The molecule has 3 nitrogen and oxygen atoms in total. The Bertz CT molecular complexity index is 382. The van der Waals surface area contributed by atoms with E-state index >= 15 is 0 Å². The van der Waals surface area contributed by atoms with Crippen molar-refractivity contribution in [1.29, 1.82) is 0 Å². The SMILES string of the molecule is CCCCn1nc(CC)c(C(CC)NCCC)c1CC. The van der Waals surface area contributed by atoms with E-state index < -0.39 is 0 Å². The van der Waals surface area contributed by atoms with Crippen molar-refractivity contribution in [2.45, 2.75) is 85.7 Å². The molecular formula is C17H33N3. The molecule has 0 bridgehead atoms. The van der Waals surface area contributed by atoms with Gasteiger partial charge in [0.15, 0.2) is 0 Å². The van der Waals surface area contributed by atoms with Crippen LogP contribution in [0.3, 0.4) is 0 Å². The Morgan fingerprint density at radius 1 is 1.05 bits per heavy atom. The summed E-state index contributed by atoms with van der Waals surface area (Å²) in [6.07, 6.45) is 6.88. The third kappa shape index (κ3) is 4.08. The lowest BCUT2D eigenvalue weighted by molar-refractivity contribution is 0.506. The number of unbranched alkanes of at least 4 members (excludes halogenated alkanes) is 1. The standard InChI is InChI=1S/C17H33N3/c1-6-11-13-20-16(10-5)17(15(9-4)19-20)14(8-3)18-12-7-2/h14,18H,6-13H2,1-5H3. The highest BCUT2D eigenvalue weighted by Gasteiger charge is 2.21. The second-order valence-corrected chi connectivity index (χ2v) is 5.51. The van der Waals surface area contributed by atoms with E-state index in [0.717, 1.165) is 32.4 Å². The number of hydrogen-bond donors (Lipinski definition) is 1. The largest absolute Gasteiger partial charge is 0.310 e. The number of aromatic nitrogens is 2. The molecule has 0 spiro atoms. The molecule has 0 aromatic carbocycles. The van der Waals surface area contributed by atoms with Crippen molar-refractivity contribution in [2.24, 2.45) is 0 Å². The highest BCUT2D eigenvalue weighted by Crippen LogP contribution is 2.26. The van der Waals surface area contributed by atoms with Crippen LogP contribution >= 0.6 is 0 Å². The van der Waals surface area contributed by atoms with E-state index in [4.69, 9.17) is 5.10 Å². The van der Waals surface area contributed by atoms with E-state index in [1.807, 2.05) is 0 Å². The van der Waals surface area contributed by atoms with Gasteiger partial charge in [-0.05, 0) is 38.6 Å². The topological polar surface area (TPSA) is 29.9 Å². The summed E-state index contributed by atoms with van der Waals surface area (Å²) in [6.45, 7) is 13.4. The van der Waals surface area contributed by atoms with Crippen molar-refractivity contribution < 1.29 is 0 Å². The Morgan fingerprint density at radius 3 is 2.30 bits per heavy atom. The van der Waals surface area contributed by atoms with Gasteiger partial charge < -0.3 is 5.32 Å². The van der Waals surface area contributed by atoms with E-state index in [1.165, 1.54) is 36.2 Å². The van der Waals surface area contributed by atoms with Crippen molar-refractivity contribution in [2.75, 3.05) is 6.54 Å². The van der Waals surface area contributed by atoms with Crippen LogP contribution in [0.15, 0.2) is 0 Å². The zero-order valence-electron chi connectivity index (χ0n) is 14.1. The summed E-state index contributed by atoms with van der Waals surface area (Å²) in [6, 6.07) is 0.468. The van der Waals surface area contributed by atoms with E-state index in [9.17, 15) is 0 Å². The first kappa shape index (κ1) is 17.2. The van der Waals surface area contributed by atoms with Crippen LogP contribution in [0.1, 0.15) is 83.3 Å². The maximum absolute atomic E-state index is 4.89. The second-order valence-electron chi connectivity index (χ2n) is 5.51. The van der Waals surface area contributed by atoms with Gasteiger partial charge in [-0.3, -0.25) is 4.68 Å². The van der Waals surface area contributed by atoms with Crippen molar-refractivity contribution in [3.05, 3.63) is 17.0 Å². The molecule has 0 aliphatic rings. The minimum absolute atomic E-state index is 0.468. The number of nitrogens with one attached hydrogen (secondary N) is 1. The molecule has 1 N–H and O–H groups in total. The van der Waals surface area contributed by atoms with Crippen molar-refractivity contribution in [1.82, 2.24) is 15.1 Å². The summed E-state index contributed by atoms with van der Waals surface area (Å²) in [5.41, 5.74) is 4.24. The van der Waals surface area contributed by atoms with E-state index in [0.29, 0.717) is 6.04 Å². The predicted octanol–water partition coefficient (Wildman–Crippen LogP) is 4.26. The number of aryl methyl sites for hydroxylation is 2. The Labute approximate surface area is 125 Å². The van der Waals surface area contributed by atoms with E-state index in [-0.39, 0.29) is 0 Å². The molecule has 0 fully saturated rings. The molecule has 0 amide bonds. The lowest BCUT2D eigenvalue weighted by Gasteiger charge is -2.19. The zero-order chi connectivity index (χ0) is 15.0. The number of hydrogen-bond acceptors (Lipinski definition) is 2. The Kier molecular flexibility index (Phi) is 7.90. The molecule has 0 aliphatic carbocycles. The van der Waals surface area contributed by atoms with Crippen molar-refractivity contribution in [3.63, 3.8) is 0 Å². The monoisotopic (exact) mass is 279 g/mol. The van der Waals surface area contributed by atoms with Gasteiger partial charge in [-0.1, -0.05) is 41.0 Å². The highest BCUT2D eigenvalue weighted by atomic mass is 15.3. The number of rotatable bonds is 10. The fraction of sp³-hybridized carbons (Fsp3) is 0.824. The van der Waals surface area contributed by atoms with Gasteiger partial charge in [-0.25, -0.2) is 0 Å². The van der Waals surface area contributed by atoms with Gasteiger partial charge in [0, 0.05) is 23.8 Å². The van der Waals surface area contributed by atoms with Gasteiger partial charge >= 0.3 is 0 Å². The smallest absolute Gasteiger partial charge is 0.0672 e. The van der Waals surface area contributed by atoms with Crippen molar-refractivity contribution >= 4 is 0 Å². The highest BCUT2D eigenvalue weighted by molar-refractivity contribution is 5.30. The zero-order valence-corrected chi connectivity index (χ0v) is 14.1. The molecule has 0 saturated carbocycles. The fourth-order valence-electron chi connectivity index (χ4n) is 2.86. The summed E-state index contributed by atoms with van der Waals surface area (Å²) in [7, 11) is 0. The lowest BCUT2D eigenvalue weighted by Crippen LogP contribution is -2.23. The molecule has 1 rings (SSSR count). The first-order valence-electron chi connectivity index (χ1n) is 8.55. The molecule has 0 saturated heterocycles. The van der Waals surface area contributed by atoms with Crippen LogP contribution in [0.5, 0.6) is 0 Å². The van der Waals surface area contributed by atoms with Gasteiger partial charge in [0.1, 0.15) is 0 Å². The van der Waals surface area contributed by atoms with Crippen molar-refractivity contribution in [3.8, 4) is 0 Å². The molecule has 1 unspecified atom stereocenters. The third-order valence-corrected chi connectivity index (χ3v) is 3.97. The summed E-state index contributed by atoms with van der Waals surface area (Å²) in [4.78, 5) is 0. The van der Waals surface area contributed by atoms with Crippen LogP contribution in [0, 0.1) is 0 Å². The summed E-state index contributed by atoms with van der Waals surface area (Å²) >= 11 is 0. The Balaban J connectivity index is 3.09. The first-order chi connectivity index (χ1) is 9.73. The van der Waals surface area contributed by atoms with Gasteiger partial charge in [0.2, 0.25) is 0 Å². The van der Waals surface area contributed by atoms with Gasteiger partial charge in [-0.2, -0.15) is 5.10 Å². The second kappa shape index (κ2) is 9.17. The molecule has 1 aromatic rings. The molecular weight excluding hydrogens is 246 g/mol. The molecule has 1 heterocycles. The average Bonchev–Trinajstić information content (AvgIpc) is 2.83. The summed E-state index contributed by atoms with van der Waals surface area (Å²) in [5.74, 6) is 0. The number of nitrogens with zero attached hydrogens (tertiary/aromatic N) is 2. The third-order valence-electron chi connectivity index (χ3n) is 3.97.